The molecule has 29 heavy (non-hydrogen) atoms. The Hall–Kier alpha value is -4.00. The van der Waals surface area contributed by atoms with Crippen molar-refractivity contribution in [3.8, 4) is 0 Å². The first-order valence-corrected chi connectivity index (χ1v) is 9.01. The normalized spacial score (nSPS) is 13.9. The van der Waals surface area contributed by atoms with E-state index in [1.165, 1.54) is 24.5 Å². The van der Waals surface area contributed by atoms with Crippen LogP contribution in [-0.2, 0) is 11.2 Å². The van der Waals surface area contributed by atoms with E-state index >= 15 is 0 Å². The Balaban J connectivity index is 1.74. The van der Waals surface area contributed by atoms with Crippen LogP contribution in [0.15, 0.2) is 84.1 Å². The van der Waals surface area contributed by atoms with Gasteiger partial charge in [0, 0.05) is 18.8 Å². The average molecular weight is 387 g/mol. The third-order valence-corrected chi connectivity index (χ3v) is 4.73. The SMILES string of the molecule is O=C(N=c1ccn(O)cc1)[C@@H](Cc1ccccc1)N1C(=O)c2ccccc2C1=O. The van der Waals surface area contributed by atoms with Crippen LogP contribution < -0.4 is 5.36 Å². The maximum absolute atomic E-state index is 13.0. The van der Waals surface area contributed by atoms with Gasteiger partial charge in [0.1, 0.15) is 6.04 Å². The summed E-state index contributed by atoms with van der Waals surface area (Å²) in [6, 6.07) is 17.5. The summed E-state index contributed by atoms with van der Waals surface area (Å²) >= 11 is 0. The number of amides is 3. The second-order valence-electron chi connectivity index (χ2n) is 6.62. The number of imide groups is 1. The van der Waals surface area contributed by atoms with E-state index in [0.717, 1.165) is 15.2 Å². The van der Waals surface area contributed by atoms with Gasteiger partial charge in [0.05, 0.1) is 16.5 Å². The van der Waals surface area contributed by atoms with Crippen LogP contribution in [0.1, 0.15) is 26.3 Å². The van der Waals surface area contributed by atoms with Gasteiger partial charge in [-0.2, -0.15) is 0 Å². The third kappa shape index (κ3) is 3.58. The number of nitrogens with zero attached hydrogens (tertiary/aromatic N) is 3. The summed E-state index contributed by atoms with van der Waals surface area (Å²) in [4.78, 5) is 43.9. The van der Waals surface area contributed by atoms with E-state index in [1.807, 2.05) is 30.3 Å². The zero-order valence-corrected chi connectivity index (χ0v) is 15.3. The lowest BCUT2D eigenvalue weighted by Crippen LogP contribution is -2.46. The Labute approximate surface area is 166 Å². The smallest absolute Gasteiger partial charge is 0.269 e. The van der Waals surface area contributed by atoms with Gasteiger partial charge in [0.2, 0.25) is 0 Å². The highest BCUT2D eigenvalue weighted by Gasteiger charge is 2.42. The van der Waals surface area contributed by atoms with Gasteiger partial charge < -0.3 is 5.21 Å². The van der Waals surface area contributed by atoms with Crippen molar-refractivity contribution in [2.75, 3.05) is 0 Å². The third-order valence-electron chi connectivity index (χ3n) is 4.73. The first-order valence-electron chi connectivity index (χ1n) is 9.01. The number of hydrogen-bond donors (Lipinski definition) is 1. The summed E-state index contributed by atoms with van der Waals surface area (Å²) in [6.45, 7) is 0. The van der Waals surface area contributed by atoms with E-state index < -0.39 is 23.8 Å². The molecule has 7 nitrogen and oxygen atoms in total. The monoisotopic (exact) mass is 387 g/mol. The summed E-state index contributed by atoms with van der Waals surface area (Å²) in [5, 5.41) is 9.64. The Morgan fingerprint density at radius 2 is 1.41 bits per heavy atom. The molecule has 1 N–H and O–H groups in total. The molecule has 7 heteroatoms. The highest BCUT2D eigenvalue weighted by molar-refractivity contribution is 6.22. The molecule has 1 atom stereocenters. The molecule has 2 heterocycles. The second-order valence-corrected chi connectivity index (χ2v) is 6.62. The molecular formula is C22H17N3O4. The van der Waals surface area contributed by atoms with Gasteiger partial charge in [0.15, 0.2) is 0 Å². The molecule has 0 saturated carbocycles. The van der Waals surface area contributed by atoms with Gasteiger partial charge >= 0.3 is 0 Å². The molecule has 1 aromatic heterocycles. The van der Waals surface area contributed by atoms with Crippen LogP contribution in [0, 0.1) is 0 Å². The fraction of sp³-hybridized carbons (Fsp3) is 0.0909. The molecule has 1 aliphatic rings. The number of fused-ring (bicyclic) bond motifs is 1. The number of hydrogen-bond acceptors (Lipinski definition) is 4. The molecule has 0 fully saturated rings. The van der Waals surface area contributed by atoms with Crippen LogP contribution >= 0.6 is 0 Å². The first kappa shape index (κ1) is 18.4. The predicted molar refractivity (Wildman–Crippen MR) is 103 cm³/mol. The summed E-state index contributed by atoms with van der Waals surface area (Å²) in [6.07, 6.45) is 2.82. The lowest BCUT2D eigenvalue weighted by Gasteiger charge is -2.23. The molecule has 3 aromatic rings. The molecule has 0 unspecified atom stereocenters. The van der Waals surface area contributed by atoms with Crippen LogP contribution in [0.25, 0.3) is 0 Å². The first-order chi connectivity index (χ1) is 14.0. The minimum absolute atomic E-state index is 0.154. The van der Waals surface area contributed by atoms with Gasteiger partial charge in [-0.15, -0.1) is 0 Å². The van der Waals surface area contributed by atoms with Crippen molar-refractivity contribution in [2.24, 2.45) is 4.99 Å². The van der Waals surface area contributed by atoms with Crippen LogP contribution in [0.3, 0.4) is 0 Å². The van der Waals surface area contributed by atoms with Gasteiger partial charge in [-0.25, -0.2) is 9.72 Å². The van der Waals surface area contributed by atoms with E-state index in [2.05, 4.69) is 4.99 Å². The lowest BCUT2D eigenvalue weighted by atomic mass is 10.0. The Morgan fingerprint density at radius 1 is 0.862 bits per heavy atom. The number of carbonyl (C=O) groups excluding carboxylic acids is 3. The van der Waals surface area contributed by atoms with Crippen LogP contribution in [0.5, 0.6) is 0 Å². The molecule has 144 valence electrons. The van der Waals surface area contributed by atoms with Crippen LogP contribution in [-0.4, -0.2) is 38.6 Å². The summed E-state index contributed by atoms with van der Waals surface area (Å²) in [5.41, 5.74) is 1.37. The number of rotatable bonds is 4. The van der Waals surface area contributed by atoms with Crippen LogP contribution in [0.2, 0.25) is 0 Å². The van der Waals surface area contributed by atoms with E-state index in [-0.39, 0.29) is 17.5 Å². The molecule has 3 amide bonds. The van der Waals surface area contributed by atoms with Crippen molar-refractivity contribution in [1.29, 1.82) is 0 Å². The van der Waals surface area contributed by atoms with Gasteiger partial charge in [-0.3, -0.25) is 19.3 Å². The Bertz CT molecular complexity index is 1110. The standard InChI is InChI=1S/C22H17N3O4/c26-20(23-16-10-12-24(29)13-11-16)19(14-15-6-2-1-3-7-15)25-21(27)17-8-4-5-9-18(17)22(25)28/h1-13,19,29H,14H2/t19-/m1/s1. The zero-order valence-electron chi connectivity index (χ0n) is 15.3. The van der Waals surface area contributed by atoms with Crippen molar-refractivity contribution >= 4 is 17.7 Å². The van der Waals surface area contributed by atoms with Crippen molar-refractivity contribution in [3.05, 3.63) is 101 Å². The minimum atomic E-state index is -1.08. The fourth-order valence-electron chi connectivity index (χ4n) is 3.30. The minimum Gasteiger partial charge on any atom is -0.429 e. The zero-order chi connectivity index (χ0) is 20.4. The molecule has 0 saturated heterocycles. The molecule has 0 radical (unpaired) electrons. The molecular weight excluding hydrogens is 370 g/mol. The average Bonchev–Trinajstić information content (AvgIpc) is 2.99. The lowest BCUT2D eigenvalue weighted by molar-refractivity contribution is -0.121. The predicted octanol–water partition coefficient (Wildman–Crippen LogP) is 2.06. The molecule has 0 spiro atoms. The van der Waals surface area contributed by atoms with Crippen molar-refractivity contribution in [3.63, 3.8) is 0 Å². The van der Waals surface area contributed by atoms with Crippen molar-refractivity contribution < 1.29 is 19.6 Å². The highest BCUT2D eigenvalue weighted by Crippen LogP contribution is 2.26. The quantitative estimate of drug-likeness (QED) is 0.548. The largest absolute Gasteiger partial charge is 0.429 e. The number of benzene rings is 2. The van der Waals surface area contributed by atoms with Crippen molar-refractivity contribution in [2.45, 2.75) is 12.5 Å². The summed E-state index contributed by atoms with van der Waals surface area (Å²) < 4.78 is 0.828. The molecule has 1 aliphatic heterocycles. The maximum Gasteiger partial charge on any atom is 0.269 e. The van der Waals surface area contributed by atoms with Gasteiger partial charge in [-0.1, -0.05) is 42.5 Å². The van der Waals surface area contributed by atoms with Crippen molar-refractivity contribution in [1.82, 2.24) is 9.63 Å². The van der Waals surface area contributed by atoms with Gasteiger partial charge in [-0.05, 0) is 29.8 Å². The second kappa shape index (κ2) is 7.55. The van der Waals surface area contributed by atoms with Gasteiger partial charge in [0.25, 0.3) is 17.7 Å². The fourth-order valence-corrected chi connectivity index (χ4v) is 3.30. The number of pyridine rings is 1. The van der Waals surface area contributed by atoms with E-state index in [0.29, 0.717) is 5.36 Å². The maximum atomic E-state index is 13.0. The molecule has 4 rings (SSSR count). The topological polar surface area (TPSA) is 92.0 Å². The Kier molecular flexibility index (Phi) is 4.78. The molecule has 2 aromatic carbocycles. The summed E-state index contributed by atoms with van der Waals surface area (Å²) in [5.74, 6) is -1.62. The number of aromatic nitrogens is 1. The summed E-state index contributed by atoms with van der Waals surface area (Å²) in [7, 11) is 0. The number of carbonyl (C=O) groups is 3. The van der Waals surface area contributed by atoms with Crippen LogP contribution in [0.4, 0.5) is 0 Å². The molecule has 0 aliphatic carbocycles. The molecule has 0 bridgehead atoms. The Morgan fingerprint density at radius 3 is 2.00 bits per heavy atom. The van der Waals surface area contributed by atoms with E-state index in [4.69, 9.17) is 0 Å². The van der Waals surface area contributed by atoms with E-state index in [9.17, 15) is 19.6 Å². The highest BCUT2D eigenvalue weighted by atomic mass is 16.5. The van der Waals surface area contributed by atoms with E-state index in [1.54, 1.807) is 24.3 Å².